The van der Waals surface area contributed by atoms with Gasteiger partial charge >= 0.3 is 0 Å². The molecule has 0 spiro atoms. The smallest absolute Gasteiger partial charge is 0.269 e. The standard InChI is InChI=1S/C14H20N2O2/c1-11(13-4-2-3-5-13)15-10-12-6-8-14(9-7-12)16(17)18/h6-9,11,13,15H,2-5,10H2,1H3. The van der Waals surface area contributed by atoms with Gasteiger partial charge in [0.25, 0.3) is 5.69 Å². The van der Waals surface area contributed by atoms with Crippen molar-refractivity contribution in [3.05, 3.63) is 39.9 Å². The molecule has 0 saturated heterocycles. The van der Waals surface area contributed by atoms with E-state index in [-0.39, 0.29) is 10.6 Å². The van der Waals surface area contributed by atoms with E-state index in [4.69, 9.17) is 0 Å². The molecule has 4 heteroatoms. The summed E-state index contributed by atoms with van der Waals surface area (Å²) >= 11 is 0. The lowest BCUT2D eigenvalue weighted by Gasteiger charge is -2.20. The second kappa shape index (κ2) is 5.96. The molecule has 1 aliphatic rings. The van der Waals surface area contributed by atoms with Crippen LogP contribution in [0.5, 0.6) is 0 Å². The van der Waals surface area contributed by atoms with Crippen LogP contribution in [0.4, 0.5) is 5.69 Å². The first-order valence-corrected chi connectivity index (χ1v) is 6.63. The summed E-state index contributed by atoms with van der Waals surface area (Å²) in [5.41, 5.74) is 1.26. The Morgan fingerprint density at radius 3 is 2.50 bits per heavy atom. The number of nitrogens with one attached hydrogen (secondary N) is 1. The highest BCUT2D eigenvalue weighted by atomic mass is 16.6. The lowest BCUT2D eigenvalue weighted by Crippen LogP contribution is -2.31. The van der Waals surface area contributed by atoms with Crippen LogP contribution in [0.2, 0.25) is 0 Å². The van der Waals surface area contributed by atoms with E-state index in [2.05, 4.69) is 12.2 Å². The summed E-state index contributed by atoms with van der Waals surface area (Å²) in [5, 5.41) is 14.1. The Kier molecular flexibility index (Phi) is 4.31. The van der Waals surface area contributed by atoms with Crippen LogP contribution in [0.15, 0.2) is 24.3 Å². The summed E-state index contributed by atoms with van der Waals surface area (Å²) in [6, 6.07) is 7.32. The summed E-state index contributed by atoms with van der Waals surface area (Å²) in [6.07, 6.45) is 5.37. The van der Waals surface area contributed by atoms with E-state index in [0.29, 0.717) is 6.04 Å². The van der Waals surface area contributed by atoms with Crippen molar-refractivity contribution in [3.63, 3.8) is 0 Å². The van der Waals surface area contributed by atoms with E-state index in [1.54, 1.807) is 12.1 Å². The fourth-order valence-corrected chi connectivity index (χ4v) is 2.64. The van der Waals surface area contributed by atoms with Crippen LogP contribution in [0.1, 0.15) is 38.2 Å². The zero-order valence-electron chi connectivity index (χ0n) is 10.8. The molecule has 0 aromatic heterocycles. The molecule has 2 rings (SSSR count). The van der Waals surface area contributed by atoms with Crippen molar-refractivity contribution in [1.29, 1.82) is 0 Å². The summed E-state index contributed by atoms with van der Waals surface area (Å²) in [7, 11) is 0. The highest BCUT2D eigenvalue weighted by Gasteiger charge is 2.20. The number of hydrogen-bond donors (Lipinski definition) is 1. The fraction of sp³-hybridized carbons (Fsp3) is 0.571. The monoisotopic (exact) mass is 248 g/mol. The predicted molar refractivity (Wildman–Crippen MR) is 71.4 cm³/mol. The number of rotatable bonds is 5. The average Bonchev–Trinajstić information content (AvgIpc) is 2.90. The van der Waals surface area contributed by atoms with Gasteiger partial charge < -0.3 is 5.32 Å². The Hall–Kier alpha value is -1.42. The zero-order valence-corrected chi connectivity index (χ0v) is 10.8. The molecule has 0 aliphatic heterocycles. The predicted octanol–water partition coefficient (Wildman–Crippen LogP) is 3.26. The van der Waals surface area contributed by atoms with Gasteiger partial charge in [-0.05, 0) is 31.2 Å². The molecular weight excluding hydrogens is 228 g/mol. The third-order valence-corrected chi connectivity index (χ3v) is 3.88. The van der Waals surface area contributed by atoms with E-state index in [9.17, 15) is 10.1 Å². The molecule has 1 aliphatic carbocycles. The number of nitrogens with zero attached hydrogens (tertiary/aromatic N) is 1. The Bertz CT molecular complexity index is 397. The average molecular weight is 248 g/mol. The summed E-state index contributed by atoms with van der Waals surface area (Å²) in [5.74, 6) is 0.794. The quantitative estimate of drug-likeness (QED) is 0.642. The van der Waals surface area contributed by atoms with Crippen molar-refractivity contribution in [3.8, 4) is 0 Å². The van der Waals surface area contributed by atoms with E-state index >= 15 is 0 Å². The molecule has 1 aromatic rings. The Morgan fingerprint density at radius 1 is 1.33 bits per heavy atom. The molecule has 1 aromatic carbocycles. The van der Waals surface area contributed by atoms with Crippen LogP contribution in [-0.4, -0.2) is 11.0 Å². The lowest BCUT2D eigenvalue weighted by atomic mass is 9.99. The molecule has 1 saturated carbocycles. The van der Waals surface area contributed by atoms with Gasteiger partial charge in [-0.2, -0.15) is 0 Å². The summed E-state index contributed by atoms with van der Waals surface area (Å²) in [6.45, 7) is 3.02. The molecule has 18 heavy (non-hydrogen) atoms. The van der Waals surface area contributed by atoms with Crippen LogP contribution in [-0.2, 0) is 6.54 Å². The van der Waals surface area contributed by atoms with Gasteiger partial charge in [-0.3, -0.25) is 10.1 Å². The first kappa shape index (κ1) is 13.0. The molecular formula is C14H20N2O2. The SMILES string of the molecule is CC(NCc1ccc([N+](=O)[O-])cc1)C1CCCC1. The molecule has 0 bridgehead atoms. The number of hydrogen-bond acceptors (Lipinski definition) is 3. The zero-order chi connectivity index (χ0) is 13.0. The first-order valence-electron chi connectivity index (χ1n) is 6.63. The molecule has 1 N–H and O–H groups in total. The maximum atomic E-state index is 10.5. The first-order chi connectivity index (χ1) is 8.66. The second-order valence-electron chi connectivity index (χ2n) is 5.14. The molecule has 1 atom stereocenters. The Labute approximate surface area is 108 Å². The molecule has 98 valence electrons. The summed E-state index contributed by atoms with van der Waals surface area (Å²) < 4.78 is 0. The van der Waals surface area contributed by atoms with Gasteiger partial charge in [0.15, 0.2) is 0 Å². The van der Waals surface area contributed by atoms with Crippen molar-refractivity contribution >= 4 is 5.69 Å². The van der Waals surface area contributed by atoms with Gasteiger partial charge in [-0.1, -0.05) is 25.0 Å². The minimum Gasteiger partial charge on any atom is -0.310 e. The highest BCUT2D eigenvalue weighted by molar-refractivity contribution is 5.32. The van der Waals surface area contributed by atoms with Gasteiger partial charge in [0.2, 0.25) is 0 Å². The molecule has 1 unspecified atom stereocenters. The van der Waals surface area contributed by atoms with Crippen molar-refractivity contribution in [2.24, 2.45) is 5.92 Å². The third kappa shape index (κ3) is 3.29. The minimum atomic E-state index is -0.363. The molecule has 0 radical (unpaired) electrons. The van der Waals surface area contributed by atoms with Crippen molar-refractivity contribution in [2.45, 2.75) is 45.2 Å². The molecule has 1 fully saturated rings. The van der Waals surface area contributed by atoms with Gasteiger partial charge in [0, 0.05) is 24.7 Å². The molecule has 0 amide bonds. The number of nitro benzene ring substituents is 1. The largest absolute Gasteiger partial charge is 0.310 e. The molecule has 0 heterocycles. The van der Waals surface area contributed by atoms with Crippen LogP contribution in [0, 0.1) is 16.0 Å². The lowest BCUT2D eigenvalue weighted by molar-refractivity contribution is -0.384. The normalized spacial score (nSPS) is 17.8. The fourth-order valence-electron chi connectivity index (χ4n) is 2.64. The van der Waals surface area contributed by atoms with Gasteiger partial charge in [-0.15, -0.1) is 0 Å². The Morgan fingerprint density at radius 2 is 1.94 bits per heavy atom. The van der Waals surface area contributed by atoms with Gasteiger partial charge in [0.05, 0.1) is 4.92 Å². The van der Waals surface area contributed by atoms with Crippen LogP contribution in [0.3, 0.4) is 0 Å². The maximum Gasteiger partial charge on any atom is 0.269 e. The van der Waals surface area contributed by atoms with E-state index in [0.717, 1.165) is 18.0 Å². The number of non-ortho nitro benzene ring substituents is 1. The Balaban J connectivity index is 1.84. The number of benzene rings is 1. The number of nitro groups is 1. The highest BCUT2D eigenvalue weighted by Crippen LogP contribution is 2.27. The maximum absolute atomic E-state index is 10.5. The van der Waals surface area contributed by atoms with Gasteiger partial charge in [0.1, 0.15) is 0 Å². The van der Waals surface area contributed by atoms with Crippen LogP contribution >= 0.6 is 0 Å². The second-order valence-corrected chi connectivity index (χ2v) is 5.14. The van der Waals surface area contributed by atoms with Gasteiger partial charge in [-0.25, -0.2) is 0 Å². The van der Waals surface area contributed by atoms with Crippen molar-refractivity contribution < 1.29 is 4.92 Å². The van der Waals surface area contributed by atoms with Crippen LogP contribution in [0.25, 0.3) is 0 Å². The van der Waals surface area contributed by atoms with Crippen molar-refractivity contribution in [1.82, 2.24) is 5.32 Å². The summed E-state index contributed by atoms with van der Waals surface area (Å²) in [4.78, 5) is 10.2. The third-order valence-electron chi connectivity index (χ3n) is 3.88. The molecule has 4 nitrogen and oxygen atoms in total. The van der Waals surface area contributed by atoms with E-state index < -0.39 is 0 Å². The minimum absolute atomic E-state index is 0.155. The van der Waals surface area contributed by atoms with E-state index in [1.165, 1.54) is 25.7 Å². The van der Waals surface area contributed by atoms with Crippen LogP contribution < -0.4 is 5.32 Å². The topological polar surface area (TPSA) is 55.2 Å². The van der Waals surface area contributed by atoms with E-state index in [1.807, 2.05) is 12.1 Å². The van der Waals surface area contributed by atoms with Crippen molar-refractivity contribution in [2.75, 3.05) is 0 Å².